The molecule has 1 aliphatic heterocycles. The highest BCUT2D eigenvalue weighted by atomic mass is 16.5. The highest BCUT2D eigenvalue weighted by molar-refractivity contribution is 6.17. The van der Waals surface area contributed by atoms with Crippen molar-refractivity contribution in [2.75, 3.05) is 27.7 Å². The van der Waals surface area contributed by atoms with Gasteiger partial charge in [0.2, 0.25) is 11.7 Å². The van der Waals surface area contributed by atoms with Gasteiger partial charge in [-0.15, -0.1) is 0 Å². The number of aryl methyl sites for hydroxylation is 1. The third-order valence-electron chi connectivity index (χ3n) is 5.77. The van der Waals surface area contributed by atoms with Gasteiger partial charge in [0.15, 0.2) is 5.76 Å². The standard InChI is InChI=1S/C25H27N3O4/c1-15-18(25(26)30)7-9-21-23(15)24(29)22(32-21)12-16-14-28(11-5-10-27(2)3)20-8-6-17(31-4)13-19(16)20/h6-9,12-14H,5,10-11H2,1-4H3,(H2,26,30). The number of methoxy groups -OCH3 is 1. The molecule has 3 aromatic rings. The number of primary amides is 1. The molecule has 32 heavy (non-hydrogen) atoms. The van der Waals surface area contributed by atoms with E-state index >= 15 is 0 Å². The minimum absolute atomic E-state index is 0.222. The van der Waals surface area contributed by atoms with Crippen LogP contribution in [0.15, 0.2) is 42.3 Å². The van der Waals surface area contributed by atoms with Crippen LogP contribution in [0.4, 0.5) is 0 Å². The van der Waals surface area contributed by atoms with Crippen LogP contribution in [0.3, 0.4) is 0 Å². The fourth-order valence-electron chi connectivity index (χ4n) is 4.13. The second-order valence-corrected chi connectivity index (χ2v) is 8.23. The van der Waals surface area contributed by atoms with Crippen molar-refractivity contribution < 1.29 is 19.1 Å². The number of benzene rings is 2. The largest absolute Gasteiger partial charge is 0.497 e. The van der Waals surface area contributed by atoms with Gasteiger partial charge >= 0.3 is 0 Å². The van der Waals surface area contributed by atoms with Crippen LogP contribution in [-0.2, 0) is 6.54 Å². The zero-order valence-electron chi connectivity index (χ0n) is 18.8. The Balaban J connectivity index is 1.75. The molecule has 0 saturated heterocycles. The lowest BCUT2D eigenvalue weighted by molar-refractivity contribution is 0.0999. The molecule has 0 spiro atoms. The number of ether oxygens (including phenoxy) is 2. The SMILES string of the molecule is COc1ccc2c(c1)c(C=C1Oc3ccc(C(N)=O)c(C)c3C1=O)cn2CCCN(C)C. The molecule has 0 fully saturated rings. The first-order chi connectivity index (χ1) is 15.3. The fraction of sp³-hybridized carbons (Fsp3) is 0.280. The summed E-state index contributed by atoms with van der Waals surface area (Å²) in [6.07, 6.45) is 4.79. The van der Waals surface area contributed by atoms with Gasteiger partial charge in [-0.05, 0) is 76.0 Å². The van der Waals surface area contributed by atoms with Crippen LogP contribution >= 0.6 is 0 Å². The van der Waals surface area contributed by atoms with E-state index in [-0.39, 0.29) is 11.5 Å². The first kappa shape index (κ1) is 21.6. The molecule has 166 valence electrons. The average molecular weight is 434 g/mol. The summed E-state index contributed by atoms with van der Waals surface area (Å²) in [5.41, 5.74) is 8.62. The number of Topliss-reactive ketones (excluding diaryl/α,β-unsaturated/α-hetero) is 1. The van der Waals surface area contributed by atoms with Crippen molar-refractivity contribution in [2.24, 2.45) is 5.73 Å². The second kappa shape index (κ2) is 8.51. The first-order valence-corrected chi connectivity index (χ1v) is 10.5. The van der Waals surface area contributed by atoms with E-state index in [1.807, 2.05) is 24.4 Å². The maximum atomic E-state index is 13.1. The van der Waals surface area contributed by atoms with Crippen molar-refractivity contribution >= 4 is 28.7 Å². The van der Waals surface area contributed by atoms with Gasteiger partial charge in [-0.1, -0.05) is 0 Å². The topological polar surface area (TPSA) is 86.8 Å². The van der Waals surface area contributed by atoms with E-state index in [9.17, 15) is 9.59 Å². The van der Waals surface area contributed by atoms with E-state index in [1.165, 1.54) is 0 Å². The molecular formula is C25H27N3O4. The van der Waals surface area contributed by atoms with Gasteiger partial charge in [-0.25, -0.2) is 0 Å². The highest BCUT2D eigenvalue weighted by Gasteiger charge is 2.31. The molecule has 0 unspecified atom stereocenters. The summed E-state index contributed by atoms with van der Waals surface area (Å²) in [4.78, 5) is 27.0. The summed E-state index contributed by atoms with van der Waals surface area (Å²) < 4.78 is 13.5. The lowest BCUT2D eigenvalue weighted by atomic mass is 9.98. The van der Waals surface area contributed by atoms with Crippen LogP contribution in [0.1, 0.15) is 38.3 Å². The molecule has 0 aliphatic carbocycles. The number of amides is 1. The smallest absolute Gasteiger partial charge is 0.248 e. The van der Waals surface area contributed by atoms with Crippen molar-refractivity contribution in [3.63, 3.8) is 0 Å². The zero-order valence-corrected chi connectivity index (χ0v) is 18.8. The summed E-state index contributed by atoms with van der Waals surface area (Å²) in [7, 11) is 5.74. The van der Waals surface area contributed by atoms with Gasteiger partial charge in [0.05, 0.1) is 12.7 Å². The number of ketones is 1. The maximum absolute atomic E-state index is 13.1. The van der Waals surface area contributed by atoms with E-state index in [1.54, 1.807) is 32.2 Å². The van der Waals surface area contributed by atoms with Crippen molar-refractivity contribution in [2.45, 2.75) is 19.9 Å². The Bertz CT molecular complexity index is 1250. The normalized spacial score (nSPS) is 14.3. The van der Waals surface area contributed by atoms with Crippen molar-refractivity contribution in [3.05, 3.63) is 64.5 Å². The molecule has 7 heteroatoms. The van der Waals surface area contributed by atoms with Gasteiger partial charge in [0.25, 0.3) is 0 Å². The molecule has 1 amide bonds. The average Bonchev–Trinajstić information content (AvgIpc) is 3.25. The number of nitrogens with two attached hydrogens (primary N) is 1. The van der Waals surface area contributed by atoms with Crippen molar-refractivity contribution in [3.8, 4) is 11.5 Å². The van der Waals surface area contributed by atoms with E-state index in [2.05, 4.69) is 23.6 Å². The lowest BCUT2D eigenvalue weighted by Crippen LogP contribution is -2.14. The number of allylic oxidation sites excluding steroid dienone is 1. The van der Waals surface area contributed by atoms with Crippen LogP contribution in [0.5, 0.6) is 11.5 Å². The predicted octanol–water partition coefficient (Wildman–Crippen LogP) is 3.63. The quantitative estimate of drug-likeness (QED) is 0.575. The Hall–Kier alpha value is -3.58. The van der Waals surface area contributed by atoms with Gasteiger partial charge in [0, 0.05) is 34.8 Å². The summed E-state index contributed by atoms with van der Waals surface area (Å²) in [5, 5.41) is 0.976. The Morgan fingerprint density at radius 3 is 2.72 bits per heavy atom. The maximum Gasteiger partial charge on any atom is 0.248 e. The monoisotopic (exact) mass is 433 g/mol. The fourth-order valence-corrected chi connectivity index (χ4v) is 4.13. The van der Waals surface area contributed by atoms with E-state index in [4.69, 9.17) is 15.2 Å². The molecule has 2 aromatic carbocycles. The number of carbonyl (C=O) groups is 2. The Labute approximate surface area is 187 Å². The number of aromatic nitrogens is 1. The molecule has 7 nitrogen and oxygen atoms in total. The van der Waals surface area contributed by atoms with Crippen molar-refractivity contribution in [1.29, 1.82) is 0 Å². The Morgan fingerprint density at radius 2 is 2.03 bits per heavy atom. The minimum Gasteiger partial charge on any atom is -0.497 e. The third kappa shape index (κ3) is 3.87. The Morgan fingerprint density at radius 1 is 1.25 bits per heavy atom. The number of hydrogen-bond acceptors (Lipinski definition) is 5. The number of fused-ring (bicyclic) bond motifs is 2. The van der Waals surface area contributed by atoms with Gasteiger partial charge in [0.1, 0.15) is 11.5 Å². The number of rotatable bonds is 7. The number of carbonyl (C=O) groups excluding carboxylic acids is 2. The molecule has 2 heterocycles. The van der Waals surface area contributed by atoms with E-state index < -0.39 is 5.91 Å². The molecule has 2 N–H and O–H groups in total. The lowest BCUT2D eigenvalue weighted by Gasteiger charge is -2.10. The Kier molecular flexibility index (Phi) is 5.76. The third-order valence-corrected chi connectivity index (χ3v) is 5.77. The van der Waals surface area contributed by atoms with Crippen LogP contribution in [0, 0.1) is 6.92 Å². The number of hydrogen-bond donors (Lipinski definition) is 1. The molecule has 0 bridgehead atoms. The molecule has 1 aliphatic rings. The van der Waals surface area contributed by atoms with Crippen LogP contribution in [0.25, 0.3) is 17.0 Å². The molecule has 0 radical (unpaired) electrons. The summed E-state index contributed by atoms with van der Waals surface area (Å²) in [6.45, 7) is 3.54. The van der Waals surface area contributed by atoms with Crippen LogP contribution in [0.2, 0.25) is 0 Å². The molecule has 0 saturated carbocycles. The predicted molar refractivity (Wildman–Crippen MR) is 124 cm³/mol. The second-order valence-electron chi connectivity index (χ2n) is 8.23. The minimum atomic E-state index is -0.566. The van der Waals surface area contributed by atoms with Gasteiger partial charge in [-0.2, -0.15) is 0 Å². The first-order valence-electron chi connectivity index (χ1n) is 10.5. The molecule has 1 aromatic heterocycles. The van der Waals surface area contributed by atoms with Crippen molar-refractivity contribution in [1.82, 2.24) is 9.47 Å². The summed E-state index contributed by atoms with van der Waals surface area (Å²) in [5.74, 6) is 0.587. The summed E-state index contributed by atoms with van der Waals surface area (Å²) >= 11 is 0. The number of nitrogens with zero attached hydrogens (tertiary/aromatic N) is 2. The van der Waals surface area contributed by atoms with Gasteiger partial charge in [-0.3, -0.25) is 9.59 Å². The molecule has 4 rings (SSSR count). The van der Waals surface area contributed by atoms with Gasteiger partial charge < -0.3 is 24.7 Å². The van der Waals surface area contributed by atoms with E-state index in [0.717, 1.165) is 41.7 Å². The van der Waals surface area contributed by atoms with Crippen LogP contribution in [-0.4, -0.2) is 48.9 Å². The highest BCUT2D eigenvalue weighted by Crippen LogP contribution is 2.37. The molecular weight excluding hydrogens is 406 g/mol. The van der Waals surface area contributed by atoms with E-state index in [0.29, 0.717) is 22.4 Å². The summed E-state index contributed by atoms with van der Waals surface area (Å²) in [6, 6.07) is 9.14. The molecule has 0 atom stereocenters. The zero-order chi connectivity index (χ0) is 23.0. The van der Waals surface area contributed by atoms with Crippen LogP contribution < -0.4 is 15.2 Å².